The summed E-state index contributed by atoms with van der Waals surface area (Å²) in [6.07, 6.45) is 2.18. The molecule has 1 unspecified atom stereocenters. The average molecular weight is 609 g/mol. The van der Waals surface area contributed by atoms with Crippen LogP contribution in [0.5, 0.6) is 5.75 Å². The van der Waals surface area contributed by atoms with E-state index in [1.165, 1.54) is 11.3 Å². The molecule has 41 heavy (non-hydrogen) atoms. The van der Waals surface area contributed by atoms with Crippen molar-refractivity contribution in [1.82, 2.24) is 10.1 Å². The zero-order chi connectivity index (χ0) is 28.2. The van der Waals surface area contributed by atoms with Crippen molar-refractivity contribution in [2.45, 2.75) is 38.0 Å². The number of fused-ring (bicyclic) bond motifs is 2. The summed E-state index contributed by atoms with van der Waals surface area (Å²) in [6.45, 7) is 0.775. The number of hydrogen-bond donors (Lipinski definition) is 2. The summed E-state index contributed by atoms with van der Waals surface area (Å²) in [7, 11) is 0. The van der Waals surface area contributed by atoms with Crippen molar-refractivity contribution in [3.63, 3.8) is 0 Å². The van der Waals surface area contributed by atoms with Crippen LogP contribution >= 0.6 is 34.5 Å². The number of rotatable bonds is 7. The Balaban J connectivity index is 1.28. The summed E-state index contributed by atoms with van der Waals surface area (Å²) < 4.78 is 13.3. The molecule has 3 aromatic carbocycles. The molecular formula is C30H23Cl2N3O5S. The van der Waals surface area contributed by atoms with E-state index >= 15 is 0 Å². The highest BCUT2D eigenvalue weighted by Crippen LogP contribution is 2.47. The lowest BCUT2D eigenvalue weighted by molar-refractivity contribution is 0.0327. The van der Waals surface area contributed by atoms with E-state index < -0.39 is 12.2 Å². The molecule has 1 saturated carbocycles. The van der Waals surface area contributed by atoms with Gasteiger partial charge in [-0.25, -0.2) is 9.78 Å². The van der Waals surface area contributed by atoms with Gasteiger partial charge in [-0.2, -0.15) is 0 Å². The fourth-order valence-electron chi connectivity index (χ4n) is 5.33. The van der Waals surface area contributed by atoms with Gasteiger partial charge in [0, 0.05) is 29.2 Å². The molecule has 7 rings (SSSR count). The Hall–Kier alpha value is -3.63. The summed E-state index contributed by atoms with van der Waals surface area (Å²) in [5.74, 6) is 0.271. The van der Waals surface area contributed by atoms with Gasteiger partial charge in [-0.1, -0.05) is 51.8 Å². The van der Waals surface area contributed by atoms with Gasteiger partial charge in [0.1, 0.15) is 17.2 Å². The van der Waals surface area contributed by atoms with Crippen molar-refractivity contribution in [1.29, 1.82) is 0 Å². The number of aromatic hydroxyl groups is 1. The van der Waals surface area contributed by atoms with Crippen molar-refractivity contribution in [2.75, 3.05) is 11.4 Å². The van der Waals surface area contributed by atoms with Crippen molar-refractivity contribution in [3.8, 4) is 17.0 Å². The number of aromatic carboxylic acids is 1. The van der Waals surface area contributed by atoms with E-state index in [0.717, 1.165) is 45.5 Å². The highest BCUT2D eigenvalue weighted by molar-refractivity contribution is 7.22. The van der Waals surface area contributed by atoms with Crippen LogP contribution in [0.3, 0.4) is 0 Å². The number of benzene rings is 3. The molecular weight excluding hydrogens is 585 g/mol. The lowest BCUT2D eigenvalue weighted by Crippen LogP contribution is -2.37. The molecule has 1 atom stereocenters. The molecule has 1 aliphatic carbocycles. The number of aromatic nitrogens is 2. The molecule has 0 bridgehead atoms. The third-order valence-corrected chi connectivity index (χ3v) is 9.20. The number of carbonyl (C=O) groups is 1. The number of ether oxygens (including phenoxy) is 1. The maximum absolute atomic E-state index is 11.5. The molecule has 3 heterocycles. The number of halogens is 2. The lowest BCUT2D eigenvalue weighted by Gasteiger charge is -2.37. The highest BCUT2D eigenvalue weighted by atomic mass is 35.5. The first-order chi connectivity index (χ1) is 19.9. The number of nitrogens with zero attached hydrogens (tertiary/aromatic N) is 3. The second-order valence-electron chi connectivity index (χ2n) is 10.2. The molecule has 0 saturated heterocycles. The van der Waals surface area contributed by atoms with Gasteiger partial charge in [-0.05, 0) is 67.3 Å². The van der Waals surface area contributed by atoms with Crippen LogP contribution in [0.2, 0.25) is 10.0 Å². The van der Waals surface area contributed by atoms with Crippen LogP contribution in [0, 0.1) is 0 Å². The number of phenols is 1. The second-order valence-corrected chi connectivity index (χ2v) is 12.0. The largest absolute Gasteiger partial charge is 0.508 e. The van der Waals surface area contributed by atoms with Gasteiger partial charge in [-0.15, -0.1) is 0 Å². The molecule has 2 aliphatic rings. The van der Waals surface area contributed by atoms with Crippen LogP contribution in [0.4, 0.5) is 5.13 Å². The Kier molecular flexibility index (Phi) is 6.62. The number of carboxylic acids is 1. The maximum atomic E-state index is 11.5. The predicted molar refractivity (Wildman–Crippen MR) is 157 cm³/mol. The van der Waals surface area contributed by atoms with Crippen LogP contribution in [0.25, 0.3) is 21.5 Å². The number of carboxylic acid groups (broad SMARTS) is 1. The monoisotopic (exact) mass is 607 g/mol. The summed E-state index contributed by atoms with van der Waals surface area (Å²) >= 11 is 14.5. The normalized spacial score (nSPS) is 16.7. The van der Waals surface area contributed by atoms with Gasteiger partial charge in [-0.3, -0.25) is 0 Å². The summed E-state index contributed by atoms with van der Waals surface area (Å²) in [4.78, 5) is 18.4. The van der Waals surface area contributed by atoms with E-state index in [-0.39, 0.29) is 23.8 Å². The minimum absolute atomic E-state index is 0.182. The zero-order valence-corrected chi connectivity index (χ0v) is 23.8. The molecule has 1 aliphatic heterocycles. The van der Waals surface area contributed by atoms with Crippen LogP contribution in [0.15, 0.2) is 59.1 Å². The molecule has 2 N–H and O–H groups in total. The highest BCUT2D eigenvalue weighted by Gasteiger charge is 2.36. The van der Waals surface area contributed by atoms with Crippen LogP contribution < -0.4 is 4.90 Å². The second kappa shape index (κ2) is 10.3. The third kappa shape index (κ3) is 4.82. The predicted octanol–water partition coefficient (Wildman–Crippen LogP) is 7.82. The first-order valence-corrected chi connectivity index (χ1v) is 14.7. The van der Waals surface area contributed by atoms with Gasteiger partial charge in [0.2, 0.25) is 0 Å². The van der Waals surface area contributed by atoms with Crippen molar-refractivity contribution in [2.24, 2.45) is 0 Å². The Morgan fingerprint density at radius 1 is 1.12 bits per heavy atom. The van der Waals surface area contributed by atoms with E-state index in [9.17, 15) is 15.0 Å². The van der Waals surface area contributed by atoms with E-state index in [4.69, 9.17) is 37.4 Å². The summed E-state index contributed by atoms with van der Waals surface area (Å²) in [6, 6.07) is 15.6. The Labute approximate surface area is 248 Å². The number of hydrogen-bond acceptors (Lipinski definition) is 8. The number of phenolic OH excluding ortho intramolecular Hbond substituents is 1. The molecule has 8 nitrogen and oxygen atoms in total. The number of anilines is 1. The minimum atomic E-state index is -0.982. The van der Waals surface area contributed by atoms with E-state index in [1.54, 1.807) is 48.5 Å². The zero-order valence-electron chi connectivity index (χ0n) is 21.5. The molecule has 0 amide bonds. The summed E-state index contributed by atoms with van der Waals surface area (Å²) in [5.41, 5.74) is 4.82. The van der Waals surface area contributed by atoms with E-state index in [2.05, 4.69) is 10.1 Å². The average Bonchev–Trinajstić information content (AvgIpc) is 3.57. The first kappa shape index (κ1) is 26.3. The fourth-order valence-corrected chi connectivity index (χ4v) is 6.96. The molecule has 0 spiro atoms. The minimum Gasteiger partial charge on any atom is -0.508 e. The Bertz CT molecular complexity index is 1800. The lowest BCUT2D eigenvalue weighted by atomic mass is 9.98. The van der Waals surface area contributed by atoms with Crippen molar-refractivity contribution >= 4 is 55.9 Å². The summed E-state index contributed by atoms with van der Waals surface area (Å²) in [5, 5.41) is 25.7. The molecule has 1 fully saturated rings. The standard InChI is InChI=1S/C30H23Cl2N3O5S/c31-21-2-1-3-22(32)25(21)26-20(27(40-34-26)15-4-5-15)14-39-28-19-8-7-18(36)12-16(19)10-11-35(28)30-33-23-9-6-17(29(37)38)13-24(23)41-30/h1-3,6-9,12-13,15,28,36H,4-5,10-11,14H2,(H,37,38). The van der Waals surface area contributed by atoms with Crippen molar-refractivity contribution in [3.05, 3.63) is 92.7 Å². The Morgan fingerprint density at radius 2 is 1.93 bits per heavy atom. The molecule has 0 radical (unpaired) electrons. The van der Waals surface area contributed by atoms with Crippen molar-refractivity contribution < 1.29 is 24.3 Å². The first-order valence-electron chi connectivity index (χ1n) is 13.1. The van der Waals surface area contributed by atoms with Crippen LogP contribution in [-0.4, -0.2) is 32.9 Å². The van der Waals surface area contributed by atoms with Crippen LogP contribution in [0.1, 0.15) is 57.8 Å². The van der Waals surface area contributed by atoms with Gasteiger partial charge >= 0.3 is 5.97 Å². The van der Waals surface area contributed by atoms with Gasteiger partial charge < -0.3 is 24.4 Å². The van der Waals surface area contributed by atoms with E-state index in [0.29, 0.717) is 39.4 Å². The van der Waals surface area contributed by atoms with Gasteiger partial charge in [0.25, 0.3) is 0 Å². The molecule has 11 heteroatoms. The van der Waals surface area contributed by atoms with Crippen LogP contribution in [-0.2, 0) is 17.8 Å². The molecule has 5 aromatic rings. The third-order valence-electron chi connectivity index (χ3n) is 7.52. The van der Waals surface area contributed by atoms with E-state index in [1.807, 2.05) is 6.07 Å². The molecule has 208 valence electrons. The van der Waals surface area contributed by atoms with Gasteiger partial charge in [0.05, 0.1) is 32.4 Å². The quantitative estimate of drug-likeness (QED) is 0.193. The maximum Gasteiger partial charge on any atom is 0.335 e. The number of thiazole rings is 1. The SMILES string of the molecule is O=C(O)c1ccc2nc(N3CCc4cc(O)ccc4C3OCc3c(-c4c(Cl)cccc4Cl)noc3C3CC3)sc2c1. The molecule has 2 aromatic heterocycles. The smallest absolute Gasteiger partial charge is 0.335 e. The topological polar surface area (TPSA) is 109 Å². The fraction of sp³-hybridized carbons (Fsp3) is 0.233. The van der Waals surface area contributed by atoms with Gasteiger partial charge in [0.15, 0.2) is 11.4 Å². The Morgan fingerprint density at radius 3 is 2.68 bits per heavy atom.